The van der Waals surface area contributed by atoms with Gasteiger partial charge in [0.1, 0.15) is 6.54 Å². The highest BCUT2D eigenvalue weighted by atomic mass is 32.2. The normalized spacial score (nSPS) is 13.0. The Hall–Kier alpha value is -0.640. The highest BCUT2D eigenvalue weighted by Gasteiger charge is 2.30. The number of alkyl halides is 3. The minimum Gasteiger partial charge on any atom is -0.391 e. The third kappa shape index (κ3) is 3.44. The van der Waals surface area contributed by atoms with Crippen molar-refractivity contribution < 1.29 is 26.7 Å². The van der Waals surface area contributed by atoms with Gasteiger partial charge in [-0.3, -0.25) is 0 Å². The van der Waals surface area contributed by atoms with Crippen molar-refractivity contribution in [3.05, 3.63) is 16.3 Å². The van der Waals surface area contributed by atoms with Crippen molar-refractivity contribution in [3.8, 4) is 0 Å². The van der Waals surface area contributed by atoms with Crippen LogP contribution >= 0.6 is 11.3 Å². The number of thiophene rings is 1. The van der Waals surface area contributed by atoms with Crippen LogP contribution in [0.15, 0.2) is 16.3 Å². The van der Waals surface area contributed by atoms with E-state index in [1.807, 2.05) is 0 Å². The van der Waals surface area contributed by atoms with Crippen LogP contribution in [0.4, 0.5) is 13.2 Å². The lowest BCUT2D eigenvalue weighted by atomic mass is 10.5. The van der Waals surface area contributed by atoms with Gasteiger partial charge in [0.2, 0.25) is 10.0 Å². The molecule has 92 valence electrons. The van der Waals surface area contributed by atoms with Crippen LogP contribution in [0.1, 0.15) is 4.88 Å². The summed E-state index contributed by atoms with van der Waals surface area (Å²) in [7, 11) is -4.21. The van der Waals surface area contributed by atoms with E-state index in [0.29, 0.717) is 0 Å². The van der Waals surface area contributed by atoms with Crippen molar-refractivity contribution in [1.29, 1.82) is 0 Å². The number of sulfonamides is 1. The number of hydrogen-bond donors (Lipinski definition) is 2. The predicted octanol–water partition coefficient (Wildman–Crippen LogP) is 1.08. The molecule has 0 aliphatic carbocycles. The Kier molecular flexibility index (Phi) is 3.94. The molecule has 0 aromatic carbocycles. The first-order chi connectivity index (χ1) is 7.26. The van der Waals surface area contributed by atoms with Gasteiger partial charge in [0.15, 0.2) is 0 Å². The van der Waals surface area contributed by atoms with Crippen molar-refractivity contribution in [2.75, 3.05) is 6.54 Å². The van der Waals surface area contributed by atoms with E-state index >= 15 is 0 Å². The highest BCUT2D eigenvalue weighted by molar-refractivity contribution is 7.89. The van der Waals surface area contributed by atoms with E-state index in [2.05, 4.69) is 0 Å². The predicted molar refractivity (Wildman–Crippen MR) is 51.5 cm³/mol. The maximum atomic E-state index is 11.8. The monoisotopic (exact) mass is 275 g/mol. The molecule has 0 saturated carbocycles. The second-order valence-electron chi connectivity index (χ2n) is 2.81. The van der Waals surface area contributed by atoms with Gasteiger partial charge in [-0.2, -0.15) is 13.2 Å². The molecule has 2 N–H and O–H groups in total. The van der Waals surface area contributed by atoms with Crippen LogP contribution in [0.5, 0.6) is 0 Å². The van der Waals surface area contributed by atoms with E-state index < -0.39 is 29.4 Å². The molecular formula is C7H8F3NO3S2. The summed E-state index contributed by atoms with van der Waals surface area (Å²) >= 11 is 0.959. The second kappa shape index (κ2) is 4.70. The van der Waals surface area contributed by atoms with Crippen LogP contribution in [0.25, 0.3) is 0 Å². The van der Waals surface area contributed by atoms with Crippen LogP contribution in [0.3, 0.4) is 0 Å². The zero-order chi connectivity index (χ0) is 12.4. The maximum Gasteiger partial charge on any atom is 0.402 e. The van der Waals surface area contributed by atoms with Crippen LogP contribution in [-0.4, -0.2) is 26.2 Å². The van der Waals surface area contributed by atoms with Crippen LogP contribution in [-0.2, 0) is 16.6 Å². The number of rotatable bonds is 4. The van der Waals surface area contributed by atoms with Gasteiger partial charge in [0.05, 0.1) is 11.5 Å². The number of nitrogens with one attached hydrogen (secondary N) is 1. The molecule has 1 rings (SSSR count). The van der Waals surface area contributed by atoms with Gasteiger partial charge in [-0.05, 0) is 11.4 Å². The van der Waals surface area contributed by atoms with E-state index in [9.17, 15) is 21.6 Å². The summed E-state index contributed by atoms with van der Waals surface area (Å²) in [5.74, 6) is 0. The van der Waals surface area contributed by atoms with E-state index in [-0.39, 0.29) is 9.77 Å². The molecule has 0 amide bonds. The molecule has 0 bridgehead atoms. The summed E-state index contributed by atoms with van der Waals surface area (Å²) in [5.41, 5.74) is 0. The zero-order valence-corrected chi connectivity index (χ0v) is 9.42. The summed E-state index contributed by atoms with van der Waals surface area (Å²) in [6.07, 6.45) is -4.61. The topological polar surface area (TPSA) is 66.4 Å². The lowest BCUT2D eigenvalue weighted by molar-refractivity contribution is -0.121. The summed E-state index contributed by atoms with van der Waals surface area (Å²) < 4.78 is 59.7. The lowest BCUT2D eigenvalue weighted by Crippen LogP contribution is -2.33. The van der Waals surface area contributed by atoms with E-state index in [0.717, 1.165) is 17.4 Å². The van der Waals surface area contributed by atoms with Crippen molar-refractivity contribution >= 4 is 21.4 Å². The molecule has 0 atom stereocenters. The van der Waals surface area contributed by atoms with Crippen molar-refractivity contribution in [2.24, 2.45) is 0 Å². The minimum atomic E-state index is -4.61. The van der Waals surface area contributed by atoms with Gasteiger partial charge in [0.25, 0.3) is 0 Å². The first kappa shape index (κ1) is 13.4. The Balaban J connectivity index is 2.87. The molecule has 16 heavy (non-hydrogen) atoms. The smallest absolute Gasteiger partial charge is 0.391 e. The first-order valence-electron chi connectivity index (χ1n) is 4.00. The first-order valence-corrected chi connectivity index (χ1v) is 6.36. The third-order valence-electron chi connectivity index (χ3n) is 1.60. The van der Waals surface area contributed by atoms with E-state index in [1.165, 1.54) is 10.1 Å². The SMILES string of the molecule is O=S(=O)(NCC(F)(F)F)c1ccsc1CO. The molecule has 0 fully saturated rings. The summed E-state index contributed by atoms with van der Waals surface area (Å²) in [6, 6.07) is 1.15. The van der Waals surface area contributed by atoms with Crippen LogP contribution in [0, 0.1) is 0 Å². The number of halogens is 3. The van der Waals surface area contributed by atoms with Crippen molar-refractivity contribution in [2.45, 2.75) is 17.7 Å². The average Bonchev–Trinajstić information content (AvgIpc) is 2.62. The summed E-state index contributed by atoms with van der Waals surface area (Å²) in [5, 5.41) is 10.2. The molecule has 0 saturated heterocycles. The molecule has 9 heteroatoms. The van der Waals surface area contributed by atoms with Gasteiger partial charge in [-0.1, -0.05) is 0 Å². The molecule has 1 aromatic heterocycles. The average molecular weight is 275 g/mol. The van der Waals surface area contributed by atoms with Gasteiger partial charge < -0.3 is 5.11 Å². The van der Waals surface area contributed by atoms with Crippen molar-refractivity contribution in [3.63, 3.8) is 0 Å². The fourth-order valence-corrected chi connectivity index (χ4v) is 3.25. The fourth-order valence-electron chi connectivity index (χ4n) is 0.938. The van der Waals surface area contributed by atoms with E-state index in [4.69, 9.17) is 5.11 Å². The molecule has 1 aromatic rings. The molecule has 0 spiro atoms. The Morgan fingerprint density at radius 2 is 2.06 bits per heavy atom. The molecule has 4 nitrogen and oxygen atoms in total. The van der Waals surface area contributed by atoms with Crippen molar-refractivity contribution in [1.82, 2.24) is 4.72 Å². The molecule has 0 unspecified atom stereocenters. The minimum absolute atomic E-state index is 0.106. The lowest BCUT2D eigenvalue weighted by Gasteiger charge is -2.09. The molecule has 0 aliphatic rings. The second-order valence-corrected chi connectivity index (χ2v) is 5.54. The van der Waals surface area contributed by atoms with Gasteiger partial charge in [-0.15, -0.1) is 11.3 Å². The Morgan fingerprint density at radius 1 is 1.44 bits per heavy atom. The van der Waals surface area contributed by atoms with Gasteiger partial charge in [0, 0.05) is 4.88 Å². The number of aliphatic hydroxyl groups is 1. The molecule has 0 aliphatic heterocycles. The van der Waals surface area contributed by atoms with Crippen LogP contribution in [0.2, 0.25) is 0 Å². The van der Waals surface area contributed by atoms with Gasteiger partial charge in [-0.25, -0.2) is 13.1 Å². The summed E-state index contributed by atoms with van der Waals surface area (Å²) in [6.45, 7) is -2.16. The Bertz CT molecular complexity index is 452. The van der Waals surface area contributed by atoms with E-state index in [1.54, 1.807) is 0 Å². The quantitative estimate of drug-likeness (QED) is 0.864. The highest BCUT2D eigenvalue weighted by Crippen LogP contribution is 2.22. The maximum absolute atomic E-state index is 11.8. The zero-order valence-electron chi connectivity index (χ0n) is 7.78. The summed E-state index contributed by atoms with van der Waals surface area (Å²) in [4.78, 5) is -0.209. The molecule has 0 radical (unpaired) electrons. The van der Waals surface area contributed by atoms with Gasteiger partial charge >= 0.3 is 6.18 Å². The number of aliphatic hydroxyl groups excluding tert-OH is 1. The molecule has 1 heterocycles. The Labute approximate surface area is 93.8 Å². The molecular weight excluding hydrogens is 267 g/mol. The Morgan fingerprint density at radius 3 is 2.56 bits per heavy atom. The largest absolute Gasteiger partial charge is 0.402 e. The number of hydrogen-bond acceptors (Lipinski definition) is 4. The fraction of sp³-hybridized carbons (Fsp3) is 0.429. The van der Waals surface area contributed by atoms with Crippen LogP contribution < -0.4 is 4.72 Å². The standard InChI is InChI=1S/C7H8F3NO3S2/c8-7(9,10)4-11-16(13,14)6-1-2-15-5(6)3-12/h1-2,11-12H,3-4H2. The third-order valence-corrected chi connectivity index (χ3v) is 4.12.